The monoisotopic (exact) mass is 477 g/mol. The van der Waals surface area contributed by atoms with Gasteiger partial charge in [0.05, 0.1) is 24.3 Å². The first-order valence-corrected chi connectivity index (χ1v) is 12.4. The van der Waals surface area contributed by atoms with E-state index in [1.807, 2.05) is 13.0 Å². The SMILES string of the molecule is COCCn1c(SCC(=O)Nc2cc(Cl)ccc2C)nc2sc3c(c2c1=O)CCCC3. The number of halogens is 1. The number of rotatable bonds is 7. The van der Waals surface area contributed by atoms with Gasteiger partial charge in [0.1, 0.15) is 4.83 Å². The molecule has 1 amide bonds. The molecular weight excluding hydrogens is 454 g/mol. The third-order valence-electron chi connectivity index (χ3n) is 5.36. The van der Waals surface area contributed by atoms with Gasteiger partial charge >= 0.3 is 0 Å². The molecule has 1 aliphatic rings. The molecular formula is C22H24ClN3O3S2. The largest absolute Gasteiger partial charge is 0.383 e. The van der Waals surface area contributed by atoms with Gasteiger partial charge in [-0.25, -0.2) is 4.98 Å². The molecule has 0 aliphatic heterocycles. The lowest BCUT2D eigenvalue weighted by Crippen LogP contribution is -2.26. The van der Waals surface area contributed by atoms with Crippen LogP contribution in [0.15, 0.2) is 28.2 Å². The molecule has 164 valence electrons. The Morgan fingerprint density at radius 1 is 1.35 bits per heavy atom. The summed E-state index contributed by atoms with van der Waals surface area (Å²) in [6, 6.07) is 5.38. The molecule has 3 aromatic rings. The number of aryl methyl sites for hydroxylation is 3. The number of nitrogens with one attached hydrogen (secondary N) is 1. The lowest BCUT2D eigenvalue weighted by molar-refractivity contribution is -0.113. The van der Waals surface area contributed by atoms with E-state index in [-0.39, 0.29) is 17.2 Å². The number of benzene rings is 1. The van der Waals surface area contributed by atoms with Crippen LogP contribution in [0.4, 0.5) is 5.69 Å². The average molecular weight is 478 g/mol. The van der Waals surface area contributed by atoms with Crippen LogP contribution in [0, 0.1) is 6.92 Å². The van der Waals surface area contributed by atoms with Crippen molar-refractivity contribution < 1.29 is 9.53 Å². The molecule has 0 fully saturated rings. The van der Waals surface area contributed by atoms with Gasteiger partial charge in [-0.3, -0.25) is 14.2 Å². The predicted octanol–water partition coefficient (Wildman–Crippen LogP) is 4.68. The van der Waals surface area contributed by atoms with Gasteiger partial charge in [-0.15, -0.1) is 11.3 Å². The number of anilines is 1. The van der Waals surface area contributed by atoms with Crippen LogP contribution in [-0.2, 0) is 28.9 Å². The van der Waals surface area contributed by atoms with E-state index >= 15 is 0 Å². The highest BCUT2D eigenvalue weighted by atomic mass is 35.5. The van der Waals surface area contributed by atoms with Crippen LogP contribution < -0.4 is 10.9 Å². The molecule has 0 atom stereocenters. The second-order valence-corrected chi connectivity index (χ2v) is 9.99. The van der Waals surface area contributed by atoms with Gasteiger partial charge in [-0.1, -0.05) is 29.4 Å². The summed E-state index contributed by atoms with van der Waals surface area (Å²) in [6.45, 7) is 2.72. The van der Waals surface area contributed by atoms with Crippen LogP contribution in [-0.4, -0.2) is 34.9 Å². The molecule has 2 heterocycles. The van der Waals surface area contributed by atoms with Crippen LogP contribution in [0.1, 0.15) is 28.8 Å². The van der Waals surface area contributed by atoms with Gasteiger partial charge in [-0.2, -0.15) is 0 Å². The first kappa shape index (κ1) is 22.3. The summed E-state index contributed by atoms with van der Waals surface area (Å²) in [5.74, 6) is -0.0319. The number of hydrogen-bond acceptors (Lipinski definition) is 6. The zero-order valence-electron chi connectivity index (χ0n) is 17.5. The normalized spacial score (nSPS) is 13.4. The fourth-order valence-electron chi connectivity index (χ4n) is 3.76. The number of nitrogens with zero attached hydrogens (tertiary/aromatic N) is 2. The van der Waals surface area contributed by atoms with Crippen molar-refractivity contribution in [2.75, 3.05) is 24.8 Å². The zero-order valence-corrected chi connectivity index (χ0v) is 19.9. The molecule has 0 spiro atoms. The molecule has 31 heavy (non-hydrogen) atoms. The number of methoxy groups -OCH3 is 1. The predicted molar refractivity (Wildman–Crippen MR) is 128 cm³/mol. The minimum Gasteiger partial charge on any atom is -0.383 e. The van der Waals surface area contributed by atoms with E-state index in [1.54, 1.807) is 35.1 Å². The summed E-state index contributed by atoms with van der Waals surface area (Å²) in [5, 5.41) is 4.76. The number of carbonyl (C=O) groups is 1. The maximum absolute atomic E-state index is 13.4. The number of fused-ring (bicyclic) bond motifs is 3. The minimum atomic E-state index is -0.173. The highest BCUT2D eigenvalue weighted by molar-refractivity contribution is 7.99. The second-order valence-electron chi connectivity index (χ2n) is 7.53. The molecule has 0 radical (unpaired) electrons. The Labute approximate surface area is 194 Å². The lowest BCUT2D eigenvalue weighted by Gasteiger charge is -2.13. The van der Waals surface area contributed by atoms with Gasteiger partial charge in [0.15, 0.2) is 5.16 Å². The summed E-state index contributed by atoms with van der Waals surface area (Å²) < 4.78 is 6.85. The Bertz CT molecular complexity index is 1190. The highest BCUT2D eigenvalue weighted by Crippen LogP contribution is 2.34. The van der Waals surface area contributed by atoms with Crippen molar-refractivity contribution in [3.8, 4) is 0 Å². The smallest absolute Gasteiger partial charge is 0.263 e. The van der Waals surface area contributed by atoms with E-state index in [9.17, 15) is 9.59 Å². The molecule has 0 saturated heterocycles. The van der Waals surface area contributed by atoms with E-state index in [4.69, 9.17) is 21.3 Å². The van der Waals surface area contributed by atoms with Crippen LogP contribution in [0.5, 0.6) is 0 Å². The Hall–Kier alpha value is -1.87. The number of thiophene rings is 1. The summed E-state index contributed by atoms with van der Waals surface area (Å²) in [4.78, 5) is 32.8. The topological polar surface area (TPSA) is 73.2 Å². The van der Waals surface area contributed by atoms with Crippen LogP contribution in [0.2, 0.25) is 5.02 Å². The third-order valence-corrected chi connectivity index (χ3v) is 7.76. The minimum absolute atomic E-state index is 0.0324. The molecule has 9 heteroatoms. The third kappa shape index (κ3) is 4.82. The molecule has 0 saturated carbocycles. The number of amides is 1. The van der Waals surface area contributed by atoms with E-state index < -0.39 is 0 Å². The Morgan fingerprint density at radius 2 is 2.16 bits per heavy atom. The van der Waals surface area contributed by atoms with Crippen LogP contribution in [0.3, 0.4) is 0 Å². The average Bonchev–Trinajstić information content (AvgIpc) is 3.13. The Balaban J connectivity index is 1.60. The fourth-order valence-corrected chi connectivity index (χ4v) is 6.05. The number of aromatic nitrogens is 2. The van der Waals surface area contributed by atoms with Gasteiger partial charge in [0.2, 0.25) is 5.91 Å². The lowest BCUT2D eigenvalue weighted by atomic mass is 9.97. The van der Waals surface area contributed by atoms with Crippen molar-refractivity contribution in [2.24, 2.45) is 0 Å². The van der Waals surface area contributed by atoms with Gasteiger partial charge < -0.3 is 10.1 Å². The summed E-state index contributed by atoms with van der Waals surface area (Å²) in [6.07, 6.45) is 4.21. The molecule has 1 aliphatic carbocycles. The maximum atomic E-state index is 13.4. The summed E-state index contributed by atoms with van der Waals surface area (Å²) in [7, 11) is 1.61. The number of ether oxygens (including phenoxy) is 1. The van der Waals surface area contributed by atoms with E-state index in [0.717, 1.165) is 41.5 Å². The highest BCUT2D eigenvalue weighted by Gasteiger charge is 2.22. The molecule has 1 N–H and O–H groups in total. The fraction of sp³-hybridized carbons (Fsp3) is 0.409. The Morgan fingerprint density at radius 3 is 2.97 bits per heavy atom. The summed E-state index contributed by atoms with van der Waals surface area (Å²) in [5.41, 5.74) is 2.75. The van der Waals surface area contributed by atoms with Crippen molar-refractivity contribution in [1.29, 1.82) is 0 Å². The van der Waals surface area contributed by atoms with E-state index in [2.05, 4.69) is 5.32 Å². The Kier molecular flexibility index (Phi) is 7.01. The summed E-state index contributed by atoms with van der Waals surface area (Å²) >= 11 is 8.93. The maximum Gasteiger partial charge on any atom is 0.263 e. The van der Waals surface area contributed by atoms with Gasteiger partial charge in [0.25, 0.3) is 5.56 Å². The van der Waals surface area contributed by atoms with Crippen molar-refractivity contribution in [3.05, 3.63) is 49.6 Å². The van der Waals surface area contributed by atoms with E-state index in [0.29, 0.717) is 29.0 Å². The zero-order chi connectivity index (χ0) is 22.0. The second kappa shape index (κ2) is 9.73. The van der Waals surface area contributed by atoms with Gasteiger partial charge in [0, 0.05) is 22.7 Å². The number of hydrogen-bond donors (Lipinski definition) is 1. The molecule has 0 unspecified atom stereocenters. The standard InChI is InChI=1S/C22H24ClN3O3S2/c1-13-7-8-14(23)11-16(13)24-18(27)12-30-22-25-20-19(21(28)26(22)9-10-29-2)15-5-3-4-6-17(15)31-20/h7-8,11H,3-6,9-10,12H2,1-2H3,(H,24,27). The van der Waals surface area contributed by atoms with E-state index in [1.165, 1.54) is 22.2 Å². The van der Waals surface area contributed by atoms with Crippen LogP contribution in [0.25, 0.3) is 10.2 Å². The van der Waals surface area contributed by atoms with Crippen molar-refractivity contribution in [2.45, 2.75) is 44.3 Å². The first-order chi connectivity index (χ1) is 15.0. The first-order valence-electron chi connectivity index (χ1n) is 10.2. The number of carbonyl (C=O) groups excluding carboxylic acids is 1. The van der Waals surface area contributed by atoms with Crippen molar-refractivity contribution in [3.63, 3.8) is 0 Å². The molecule has 4 rings (SSSR count). The molecule has 6 nitrogen and oxygen atoms in total. The molecule has 2 aromatic heterocycles. The van der Waals surface area contributed by atoms with Crippen LogP contribution >= 0.6 is 34.7 Å². The molecule has 0 bridgehead atoms. The number of thioether (sulfide) groups is 1. The van der Waals surface area contributed by atoms with Crippen molar-refractivity contribution in [1.82, 2.24) is 9.55 Å². The van der Waals surface area contributed by atoms with Gasteiger partial charge in [-0.05, 0) is 55.9 Å². The van der Waals surface area contributed by atoms with Crippen molar-refractivity contribution >= 4 is 56.5 Å². The molecule has 1 aromatic carbocycles. The quantitative estimate of drug-likeness (QED) is 0.395.